The van der Waals surface area contributed by atoms with E-state index in [1.807, 2.05) is 17.8 Å². The second-order valence-corrected chi connectivity index (χ2v) is 4.03. The summed E-state index contributed by atoms with van der Waals surface area (Å²) in [5.74, 6) is -0.432. The number of urea groups is 1. The lowest BCUT2D eigenvalue weighted by Crippen LogP contribution is -2.38. The summed E-state index contributed by atoms with van der Waals surface area (Å²) in [4.78, 5) is 25.8. The van der Waals surface area contributed by atoms with Crippen molar-refractivity contribution in [1.82, 2.24) is 20.2 Å². The van der Waals surface area contributed by atoms with Crippen LogP contribution in [0.2, 0.25) is 0 Å². The predicted octanol–water partition coefficient (Wildman–Crippen LogP) is -0.903. The van der Waals surface area contributed by atoms with Crippen molar-refractivity contribution in [3.63, 3.8) is 0 Å². The molecule has 1 rings (SSSR count). The van der Waals surface area contributed by atoms with E-state index < -0.39 is 18.1 Å². The first-order valence-corrected chi connectivity index (χ1v) is 5.89. The van der Waals surface area contributed by atoms with E-state index in [0.29, 0.717) is 13.0 Å². The molecule has 1 heterocycles. The van der Waals surface area contributed by atoms with Crippen LogP contribution in [-0.2, 0) is 18.3 Å². The molecule has 1 aromatic rings. The second kappa shape index (κ2) is 7.37. The number of carboxylic acid groups (broad SMARTS) is 1. The minimum absolute atomic E-state index is 0.0257. The Labute approximate surface area is 110 Å². The summed E-state index contributed by atoms with van der Waals surface area (Å²) in [6, 6.07) is -0.396. The number of aromatic nitrogens is 2. The minimum atomic E-state index is -1.45. The molecule has 19 heavy (non-hydrogen) atoms. The Morgan fingerprint density at radius 1 is 1.42 bits per heavy atom. The summed E-state index contributed by atoms with van der Waals surface area (Å²) in [6.45, 7) is 0.528. The third-order valence-corrected chi connectivity index (χ3v) is 2.54. The van der Waals surface area contributed by atoms with Gasteiger partial charge in [-0.3, -0.25) is 0 Å². The highest BCUT2D eigenvalue weighted by atomic mass is 16.4. The van der Waals surface area contributed by atoms with E-state index in [4.69, 9.17) is 10.2 Å². The molecule has 0 unspecified atom stereocenters. The van der Waals surface area contributed by atoms with Crippen molar-refractivity contribution in [3.05, 3.63) is 18.2 Å². The molecular formula is C11H18N4O4. The van der Waals surface area contributed by atoms with Crippen molar-refractivity contribution in [3.8, 4) is 0 Å². The molecule has 0 aromatic carbocycles. The Kier molecular flexibility index (Phi) is 5.80. The van der Waals surface area contributed by atoms with Gasteiger partial charge >= 0.3 is 12.0 Å². The van der Waals surface area contributed by atoms with E-state index in [0.717, 1.165) is 5.82 Å². The van der Waals surface area contributed by atoms with E-state index in [1.165, 1.54) is 0 Å². The number of hydrogen-bond acceptors (Lipinski definition) is 4. The maximum Gasteiger partial charge on any atom is 0.332 e. The summed E-state index contributed by atoms with van der Waals surface area (Å²) in [5, 5.41) is 22.5. The number of aliphatic hydroxyl groups is 1. The zero-order chi connectivity index (χ0) is 14.3. The molecule has 0 radical (unpaired) electrons. The lowest BCUT2D eigenvalue weighted by atomic mass is 10.2. The van der Waals surface area contributed by atoms with Crippen molar-refractivity contribution in [2.45, 2.75) is 18.9 Å². The Morgan fingerprint density at radius 2 is 2.11 bits per heavy atom. The number of nitrogens with zero attached hydrogens (tertiary/aromatic N) is 2. The lowest BCUT2D eigenvalue weighted by Gasteiger charge is -2.09. The Morgan fingerprint density at radius 3 is 2.68 bits per heavy atom. The summed E-state index contributed by atoms with van der Waals surface area (Å²) >= 11 is 0. The third-order valence-electron chi connectivity index (χ3n) is 2.54. The molecule has 4 N–H and O–H groups in total. The Hall–Kier alpha value is -2.09. The summed E-state index contributed by atoms with van der Waals surface area (Å²) < 4.78 is 1.86. The first-order chi connectivity index (χ1) is 9.00. The molecule has 8 nitrogen and oxygen atoms in total. The van der Waals surface area contributed by atoms with Gasteiger partial charge in [-0.25, -0.2) is 14.6 Å². The number of aliphatic carboxylic acids is 1. The van der Waals surface area contributed by atoms with Crippen LogP contribution in [0.1, 0.15) is 12.2 Å². The number of aryl methyl sites for hydroxylation is 1. The SMILES string of the molecule is Cn1ccnc1CCNC(=O)NCC[C@H](O)C(=O)O. The molecule has 1 aromatic heterocycles. The number of carboxylic acids is 1. The molecule has 0 saturated heterocycles. The highest BCUT2D eigenvalue weighted by molar-refractivity contribution is 5.74. The topological polar surface area (TPSA) is 116 Å². The quantitative estimate of drug-likeness (QED) is 0.512. The summed E-state index contributed by atoms with van der Waals surface area (Å²) in [6.07, 6.45) is 2.63. The molecule has 8 heteroatoms. The van der Waals surface area contributed by atoms with Gasteiger partial charge in [-0.2, -0.15) is 0 Å². The monoisotopic (exact) mass is 270 g/mol. The van der Waals surface area contributed by atoms with Crippen molar-refractivity contribution < 1.29 is 19.8 Å². The van der Waals surface area contributed by atoms with E-state index >= 15 is 0 Å². The fraction of sp³-hybridized carbons (Fsp3) is 0.545. The number of carbonyl (C=O) groups is 2. The van der Waals surface area contributed by atoms with Crippen LogP contribution < -0.4 is 10.6 Å². The second-order valence-electron chi connectivity index (χ2n) is 4.03. The minimum Gasteiger partial charge on any atom is -0.479 e. The van der Waals surface area contributed by atoms with Gasteiger partial charge in [0.2, 0.25) is 0 Å². The number of carbonyl (C=O) groups excluding carboxylic acids is 1. The van der Waals surface area contributed by atoms with Gasteiger partial charge in [-0.15, -0.1) is 0 Å². The van der Waals surface area contributed by atoms with E-state index in [-0.39, 0.29) is 13.0 Å². The third kappa shape index (κ3) is 5.38. The highest BCUT2D eigenvalue weighted by Gasteiger charge is 2.12. The summed E-state index contributed by atoms with van der Waals surface area (Å²) in [5.41, 5.74) is 0. The maximum atomic E-state index is 11.3. The molecule has 1 atom stereocenters. The number of imidazole rings is 1. The number of amides is 2. The predicted molar refractivity (Wildman–Crippen MR) is 66.6 cm³/mol. The molecule has 0 aliphatic rings. The molecule has 2 amide bonds. The number of nitrogens with one attached hydrogen (secondary N) is 2. The molecule has 106 valence electrons. The fourth-order valence-corrected chi connectivity index (χ4v) is 1.43. The van der Waals surface area contributed by atoms with Crippen molar-refractivity contribution in [2.24, 2.45) is 7.05 Å². The number of rotatable bonds is 7. The van der Waals surface area contributed by atoms with Crippen LogP contribution in [-0.4, -0.2) is 51.0 Å². The molecule has 0 fully saturated rings. The fourth-order valence-electron chi connectivity index (χ4n) is 1.43. The summed E-state index contributed by atoms with van der Waals surface area (Å²) in [7, 11) is 1.87. The van der Waals surface area contributed by atoms with Crippen LogP contribution in [0.25, 0.3) is 0 Å². The van der Waals surface area contributed by atoms with Gasteiger partial charge in [-0.1, -0.05) is 0 Å². The Balaban J connectivity index is 2.12. The smallest absolute Gasteiger partial charge is 0.332 e. The molecule has 0 bridgehead atoms. The van der Waals surface area contributed by atoms with E-state index in [2.05, 4.69) is 15.6 Å². The van der Waals surface area contributed by atoms with Crippen molar-refractivity contribution in [2.75, 3.05) is 13.1 Å². The van der Waals surface area contributed by atoms with Gasteiger partial charge in [0.05, 0.1) is 0 Å². The van der Waals surface area contributed by atoms with Crippen LogP contribution >= 0.6 is 0 Å². The first kappa shape index (κ1) is 15.0. The highest BCUT2D eigenvalue weighted by Crippen LogP contribution is 1.94. The van der Waals surface area contributed by atoms with Crippen molar-refractivity contribution >= 4 is 12.0 Å². The molecule has 0 spiro atoms. The van der Waals surface area contributed by atoms with Crippen LogP contribution in [0.5, 0.6) is 0 Å². The van der Waals surface area contributed by atoms with Crippen LogP contribution in [0.4, 0.5) is 4.79 Å². The first-order valence-electron chi connectivity index (χ1n) is 5.89. The molecule has 0 saturated carbocycles. The largest absolute Gasteiger partial charge is 0.479 e. The molecular weight excluding hydrogens is 252 g/mol. The average Bonchev–Trinajstić information content (AvgIpc) is 2.75. The van der Waals surface area contributed by atoms with Gasteiger partial charge in [0.25, 0.3) is 0 Å². The van der Waals surface area contributed by atoms with E-state index in [1.54, 1.807) is 6.20 Å². The van der Waals surface area contributed by atoms with Crippen LogP contribution in [0, 0.1) is 0 Å². The van der Waals surface area contributed by atoms with Gasteiger partial charge in [0.15, 0.2) is 6.10 Å². The van der Waals surface area contributed by atoms with E-state index in [9.17, 15) is 9.59 Å². The van der Waals surface area contributed by atoms with Gasteiger partial charge < -0.3 is 25.4 Å². The van der Waals surface area contributed by atoms with Crippen LogP contribution in [0.3, 0.4) is 0 Å². The van der Waals surface area contributed by atoms with Crippen molar-refractivity contribution in [1.29, 1.82) is 0 Å². The standard InChI is InChI=1S/C11H18N4O4/c1-15-7-6-12-9(15)3-5-14-11(19)13-4-2-8(16)10(17)18/h6-8,16H,2-5H2,1H3,(H,17,18)(H2,13,14,19)/t8-/m0/s1. The molecule has 0 aliphatic heterocycles. The maximum absolute atomic E-state index is 11.3. The molecule has 0 aliphatic carbocycles. The lowest BCUT2D eigenvalue weighted by molar-refractivity contribution is -0.146. The zero-order valence-electron chi connectivity index (χ0n) is 10.7. The normalized spacial score (nSPS) is 11.9. The number of aliphatic hydroxyl groups excluding tert-OH is 1. The Bertz CT molecular complexity index is 432. The average molecular weight is 270 g/mol. The van der Waals surface area contributed by atoms with Gasteiger partial charge in [0.1, 0.15) is 5.82 Å². The van der Waals surface area contributed by atoms with Gasteiger partial charge in [-0.05, 0) is 0 Å². The van der Waals surface area contributed by atoms with Gasteiger partial charge in [0, 0.05) is 45.4 Å². The zero-order valence-corrected chi connectivity index (χ0v) is 10.7. The number of hydrogen-bond donors (Lipinski definition) is 4. The van der Waals surface area contributed by atoms with Crippen LogP contribution in [0.15, 0.2) is 12.4 Å².